The van der Waals surface area contributed by atoms with Crippen molar-refractivity contribution in [3.05, 3.63) is 33.7 Å². The average molecular weight is 327 g/mol. The normalized spacial score (nSPS) is 16.4. The van der Waals surface area contributed by atoms with E-state index in [2.05, 4.69) is 14.5 Å². The predicted molar refractivity (Wildman–Crippen MR) is 79.5 cm³/mol. The fourth-order valence-corrected chi connectivity index (χ4v) is 2.93. The van der Waals surface area contributed by atoms with E-state index in [1.807, 2.05) is 11.8 Å². The van der Waals surface area contributed by atoms with E-state index in [9.17, 15) is 4.79 Å². The van der Waals surface area contributed by atoms with Gasteiger partial charge in [0.05, 0.1) is 0 Å². The number of nitrogens with zero attached hydrogens (tertiary/aromatic N) is 4. The summed E-state index contributed by atoms with van der Waals surface area (Å²) in [6.45, 7) is 5.44. The largest absolute Gasteiger partial charge is 0.456 e. The van der Waals surface area contributed by atoms with E-state index in [-0.39, 0.29) is 5.91 Å². The van der Waals surface area contributed by atoms with E-state index >= 15 is 0 Å². The van der Waals surface area contributed by atoms with E-state index in [0.717, 1.165) is 24.5 Å². The molecule has 0 spiro atoms. The van der Waals surface area contributed by atoms with Crippen LogP contribution in [0.4, 0.5) is 0 Å². The van der Waals surface area contributed by atoms with E-state index in [1.54, 1.807) is 12.1 Å². The van der Waals surface area contributed by atoms with Gasteiger partial charge in [-0.1, -0.05) is 16.1 Å². The molecule has 21 heavy (non-hydrogen) atoms. The molecule has 0 aliphatic carbocycles. The van der Waals surface area contributed by atoms with Gasteiger partial charge in [-0.2, -0.15) is 0 Å². The Morgan fingerprint density at radius 1 is 1.38 bits per heavy atom. The van der Waals surface area contributed by atoms with Crippen LogP contribution in [-0.2, 0) is 6.54 Å². The summed E-state index contributed by atoms with van der Waals surface area (Å²) in [5.41, 5.74) is 0.808. The molecule has 1 fully saturated rings. The maximum Gasteiger partial charge on any atom is 0.289 e. The third kappa shape index (κ3) is 3.25. The number of aromatic nitrogens is 2. The number of carbonyl (C=O) groups is 1. The van der Waals surface area contributed by atoms with Gasteiger partial charge in [-0.3, -0.25) is 9.69 Å². The lowest BCUT2D eigenvalue weighted by Crippen LogP contribution is -2.48. The number of halogens is 1. The lowest BCUT2D eigenvalue weighted by molar-refractivity contribution is 0.0595. The zero-order valence-electron chi connectivity index (χ0n) is 11.6. The van der Waals surface area contributed by atoms with Gasteiger partial charge in [0.1, 0.15) is 15.8 Å². The fraction of sp³-hybridized carbons (Fsp3) is 0.462. The zero-order chi connectivity index (χ0) is 14.8. The molecule has 1 aliphatic rings. The van der Waals surface area contributed by atoms with Gasteiger partial charge in [-0.15, -0.1) is 5.10 Å². The first-order valence-corrected chi connectivity index (χ1v) is 7.83. The van der Waals surface area contributed by atoms with E-state index in [4.69, 9.17) is 16.0 Å². The topological polar surface area (TPSA) is 62.5 Å². The Morgan fingerprint density at radius 2 is 2.14 bits per heavy atom. The molecule has 2 aromatic heterocycles. The Morgan fingerprint density at radius 3 is 2.71 bits per heavy atom. The Kier molecular flexibility index (Phi) is 4.23. The summed E-state index contributed by atoms with van der Waals surface area (Å²) in [4.78, 5) is 16.3. The molecule has 0 aromatic carbocycles. The van der Waals surface area contributed by atoms with Crippen LogP contribution < -0.4 is 0 Å². The predicted octanol–water partition coefficient (Wildman–Crippen LogP) is 2.05. The number of hydrogen-bond acceptors (Lipinski definition) is 6. The third-order valence-corrected chi connectivity index (χ3v) is 4.48. The molecule has 0 saturated carbocycles. The van der Waals surface area contributed by atoms with Crippen molar-refractivity contribution >= 4 is 29.0 Å². The van der Waals surface area contributed by atoms with Crippen LogP contribution in [0.5, 0.6) is 0 Å². The maximum absolute atomic E-state index is 12.3. The van der Waals surface area contributed by atoms with Gasteiger partial charge in [0.15, 0.2) is 5.76 Å². The number of piperazine rings is 1. The summed E-state index contributed by atoms with van der Waals surface area (Å²) in [5, 5.41) is 4.01. The summed E-state index contributed by atoms with van der Waals surface area (Å²) < 4.78 is 9.85. The van der Waals surface area contributed by atoms with Gasteiger partial charge >= 0.3 is 0 Å². The first-order valence-electron chi connectivity index (χ1n) is 6.68. The Bertz CT molecular complexity index is 634. The SMILES string of the molecule is Cc1ccc(C(=O)N2CCN(Cc3nnsc3Cl)CC2)o1. The number of hydrogen-bond donors (Lipinski definition) is 0. The molecule has 1 saturated heterocycles. The van der Waals surface area contributed by atoms with Crippen molar-refractivity contribution in [3.8, 4) is 0 Å². The molecule has 2 aromatic rings. The van der Waals surface area contributed by atoms with E-state index in [1.165, 1.54) is 11.5 Å². The second kappa shape index (κ2) is 6.13. The average Bonchev–Trinajstić information content (AvgIpc) is 3.08. The quantitative estimate of drug-likeness (QED) is 0.864. The molecule has 1 aliphatic heterocycles. The Balaban J connectivity index is 1.55. The molecular weight excluding hydrogens is 312 g/mol. The van der Waals surface area contributed by atoms with E-state index in [0.29, 0.717) is 29.7 Å². The number of amides is 1. The van der Waals surface area contributed by atoms with E-state index < -0.39 is 0 Å². The summed E-state index contributed by atoms with van der Waals surface area (Å²) in [5.74, 6) is 1.12. The van der Waals surface area contributed by atoms with Crippen LogP contribution in [-0.4, -0.2) is 51.5 Å². The van der Waals surface area contributed by atoms with Crippen molar-refractivity contribution in [3.63, 3.8) is 0 Å². The standard InChI is InChI=1S/C13H15ClN4O2S/c1-9-2-3-11(20-9)13(19)18-6-4-17(5-7-18)8-10-12(14)21-16-15-10/h2-3H,4-8H2,1H3. The first kappa shape index (κ1) is 14.5. The molecule has 0 radical (unpaired) electrons. The van der Waals surface area contributed by atoms with Crippen molar-refractivity contribution in [2.75, 3.05) is 26.2 Å². The number of aryl methyl sites for hydroxylation is 1. The lowest BCUT2D eigenvalue weighted by atomic mass is 10.2. The highest BCUT2D eigenvalue weighted by atomic mass is 35.5. The number of rotatable bonds is 3. The first-order chi connectivity index (χ1) is 10.1. The minimum absolute atomic E-state index is 0.0453. The molecule has 3 heterocycles. The fourth-order valence-electron chi connectivity index (χ4n) is 2.32. The molecule has 0 N–H and O–H groups in total. The molecule has 8 heteroatoms. The summed E-state index contributed by atoms with van der Waals surface area (Å²) >= 11 is 7.21. The van der Waals surface area contributed by atoms with Crippen LogP contribution in [0.25, 0.3) is 0 Å². The molecule has 0 unspecified atom stereocenters. The molecule has 112 valence electrons. The molecule has 3 rings (SSSR count). The highest BCUT2D eigenvalue weighted by Gasteiger charge is 2.24. The van der Waals surface area contributed by atoms with Gasteiger partial charge in [0.2, 0.25) is 0 Å². The molecule has 0 bridgehead atoms. The smallest absolute Gasteiger partial charge is 0.289 e. The van der Waals surface area contributed by atoms with Gasteiger partial charge in [0, 0.05) is 44.3 Å². The Hall–Kier alpha value is -1.44. The van der Waals surface area contributed by atoms with Crippen molar-refractivity contribution < 1.29 is 9.21 Å². The van der Waals surface area contributed by atoms with Crippen molar-refractivity contribution in [2.24, 2.45) is 0 Å². The highest BCUT2D eigenvalue weighted by molar-refractivity contribution is 7.10. The third-order valence-electron chi connectivity index (χ3n) is 3.49. The highest BCUT2D eigenvalue weighted by Crippen LogP contribution is 2.20. The van der Waals surface area contributed by atoms with Gasteiger partial charge in [-0.25, -0.2) is 0 Å². The summed E-state index contributed by atoms with van der Waals surface area (Å²) in [7, 11) is 0. The Labute approximate surface area is 131 Å². The van der Waals surface area contributed by atoms with Crippen LogP contribution >= 0.6 is 23.1 Å². The summed E-state index contributed by atoms with van der Waals surface area (Å²) in [6.07, 6.45) is 0. The molecule has 0 atom stereocenters. The van der Waals surface area contributed by atoms with Crippen LogP contribution in [0.15, 0.2) is 16.5 Å². The van der Waals surface area contributed by atoms with Crippen molar-refractivity contribution in [2.45, 2.75) is 13.5 Å². The van der Waals surface area contributed by atoms with Crippen molar-refractivity contribution in [1.29, 1.82) is 0 Å². The van der Waals surface area contributed by atoms with Gasteiger partial charge in [-0.05, 0) is 19.1 Å². The molecule has 1 amide bonds. The van der Waals surface area contributed by atoms with Gasteiger partial charge in [0.25, 0.3) is 5.91 Å². The summed E-state index contributed by atoms with van der Waals surface area (Å²) in [6, 6.07) is 3.53. The number of furan rings is 1. The minimum Gasteiger partial charge on any atom is -0.456 e. The lowest BCUT2D eigenvalue weighted by Gasteiger charge is -2.33. The van der Waals surface area contributed by atoms with Crippen LogP contribution in [0, 0.1) is 6.92 Å². The number of carbonyl (C=O) groups excluding carboxylic acids is 1. The molecule has 6 nitrogen and oxygen atoms in total. The maximum atomic E-state index is 12.3. The van der Waals surface area contributed by atoms with Gasteiger partial charge < -0.3 is 9.32 Å². The zero-order valence-corrected chi connectivity index (χ0v) is 13.2. The second-order valence-corrected chi connectivity index (χ2v) is 6.33. The van der Waals surface area contributed by atoms with Crippen LogP contribution in [0.3, 0.4) is 0 Å². The second-order valence-electron chi connectivity index (χ2n) is 4.97. The minimum atomic E-state index is -0.0453. The van der Waals surface area contributed by atoms with Crippen LogP contribution in [0.1, 0.15) is 22.0 Å². The molecular formula is C13H15ClN4O2S. The monoisotopic (exact) mass is 326 g/mol. The van der Waals surface area contributed by atoms with Crippen LogP contribution in [0.2, 0.25) is 4.34 Å². The van der Waals surface area contributed by atoms with Crippen molar-refractivity contribution in [1.82, 2.24) is 19.4 Å².